The normalized spacial score (nSPS) is 11.3. The molecule has 1 N–H and O–H groups in total. The lowest BCUT2D eigenvalue weighted by atomic mass is 10.2. The minimum atomic E-state index is -0.190. The number of benzene rings is 3. The molecule has 1 amide bonds. The number of imidazole rings is 1. The molecular formula is C24H21ClN4OS. The third-order valence-electron chi connectivity index (χ3n) is 4.72. The lowest BCUT2D eigenvalue weighted by molar-refractivity contribution is -0.118. The molecule has 0 fully saturated rings. The van der Waals surface area contributed by atoms with Crippen molar-refractivity contribution in [2.24, 2.45) is 5.10 Å². The van der Waals surface area contributed by atoms with Gasteiger partial charge in [-0.05, 0) is 36.2 Å². The van der Waals surface area contributed by atoms with Crippen LogP contribution in [0.5, 0.6) is 0 Å². The van der Waals surface area contributed by atoms with Crippen molar-refractivity contribution in [3.8, 4) is 0 Å². The fourth-order valence-electron chi connectivity index (χ4n) is 3.11. The number of carbonyl (C=O) groups is 1. The Bertz CT molecular complexity index is 1230. The zero-order valence-corrected chi connectivity index (χ0v) is 18.5. The van der Waals surface area contributed by atoms with E-state index in [2.05, 4.69) is 15.1 Å². The monoisotopic (exact) mass is 448 g/mol. The predicted octanol–water partition coefficient (Wildman–Crippen LogP) is 5.29. The molecule has 31 heavy (non-hydrogen) atoms. The molecule has 1 aromatic heterocycles. The van der Waals surface area contributed by atoms with Crippen LogP contribution in [0.1, 0.15) is 16.7 Å². The molecule has 5 nitrogen and oxygen atoms in total. The molecule has 0 saturated carbocycles. The third-order valence-corrected chi connectivity index (χ3v) is 6.06. The smallest absolute Gasteiger partial charge is 0.250 e. The van der Waals surface area contributed by atoms with Crippen molar-refractivity contribution in [1.29, 1.82) is 0 Å². The minimum absolute atomic E-state index is 0.190. The van der Waals surface area contributed by atoms with Gasteiger partial charge < -0.3 is 4.57 Å². The van der Waals surface area contributed by atoms with Gasteiger partial charge in [0, 0.05) is 5.02 Å². The van der Waals surface area contributed by atoms with E-state index in [1.165, 1.54) is 17.3 Å². The molecule has 7 heteroatoms. The average Bonchev–Trinajstić information content (AvgIpc) is 3.13. The van der Waals surface area contributed by atoms with E-state index in [1.807, 2.05) is 79.7 Å². The molecule has 0 saturated heterocycles. The highest BCUT2D eigenvalue weighted by atomic mass is 35.5. The van der Waals surface area contributed by atoms with Gasteiger partial charge in [-0.25, -0.2) is 10.4 Å². The number of fused-ring (bicyclic) bond motifs is 1. The Morgan fingerprint density at radius 2 is 1.84 bits per heavy atom. The largest absolute Gasteiger partial charge is 0.314 e. The lowest BCUT2D eigenvalue weighted by Crippen LogP contribution is -2.20. The molecule has 0 atom stereocenters. The molecule has 0 radical (unpaired) electrons. The van der Waals surface area contributed by atoms with Crippen molar-refractivity contribution >= 4 is 46.5 Å². The van der Waals surface area contributed by atoms with Gasteiger partial charge in [-0.2, -0.15) is 5.10 Å². The van der Waals surface area contributed by atoms with Gasteiger partial charge in [0.15, 0.2) is 5.16 Å². The maximum absolute atomic E-state index is 12.3. The van der Waals surface area contributed by atoms with E-state index >= 15 is 0 Å². The Morgan fingerprint density at radius 3 is 2.65 bits per heavy atom. The Morgan fingerprint density at radius 1 is 1.10 bits per heavy atom. The molecule has 4 rings (SSSR count). The molecule has 1 heterocycles. The third kappa shape index (κ3) is 5.34. The number of thioether (sulfide) groups is 1. The number of aromatic nitrogens is 2. The summed E-state index contributed by atoms with van der Waals surface area (Å²) in [6.45, 7) is 2.61. The summed E-state index contributed by atoms with van der Waals surface area (Å²) in [6, 6.07) is 23.6. The summed E-state index contributed by atoms with van der Waals surface area (Å²) < 4.78 is 2.09. The van der Waals surface area contributed by atoms with Crippen molar-refractivity contribution in [3.05, 3.63) is 94.5 Å². The number of nitrogens with one attached hydrogen (secondary N) is 1. The van der Waals surface area contributed by atoms with Crippen LogP contribution < -0.4 is 5.43 Å². The predicted molar refractivity (Wildman–Crippen MR) is 128 cm³/mol. The van der Waals surface area contributed by atoms with Crippen LogP contribution in [0.25, 0.3) is 11.0 Å². The minimum Gasteiger partial charge on any atom is -0.314 e. The summed E-state index contributed by atoms with van der Waals surface area (Å²) >= 11 is 7.75. The van der Waals surface area contributed by atoms with E-state index in [9.17, 15) is 4.79 Å². The van der Waals surface area contributed by atoms with E-state index in [0.717, 1.165) is 27.3 Å². The van der Waals surface area contributed by atoms with E-state index in [-0.39, 0.29) is 11.7 Å². The van der Waals surface area contributed by atoms with Gasteiger partial charge in [-0.1, -0.05) is 83.5 Å². The fraction of sp³-hybridized carbons (Fsp3) is 0.125. The highest BCUT2D eigenvalue weighted by Crippen LogP contribution is 2.27. The van der Waals surface area contributed by atoms with Crippen LogP contribution in [0.3, 0.4) is 0 Å². The van der Waals surface area contributed by atoms with Crippen LogP contribution in [0, 0.1) is 6.92 Å². The van der Waals surface area contributed by atoms with Crippen molar-refractivity contribution in [2.45, 2.75) is 18.6 Å². The molecule has 0 unspecified atom stereocenters. The standard InChI is InChI=1S/C24H21ClN4OS/c1-17-10-12-18(13-11-17)14-26-28-23(30)16-31-24-27-21-8-4-5-9-22(21)29(24)15-19-6-2-3-7-20(19)25/h2-14H,15-16H2,1H3,(H,28,30)/b26-14+. The van der Waals surface area contributed by atoms with Gasteiger partial charge in [-0.3, -0.25) is 4.79 Å². The first-order valence-electron chi connectivity index (χ1n) is 9.80. The SMILES string of the molecule is Cc1ccc(/C=N/NC(=O)CSc2nc3ccccc3n2Cc2ccccc2Cl)cc1. The topological polar surface area (TPSA) is 59.3 Å². The number of halogens is 1. The fourth-order valence-corrected chi connectivity index (χ4v) is 4.11. The van der Waals surface area contributed by atoms with Crippen LogP contribution in [-0.4, -0.2) is 27.4 Å². The van der Waals surface area contributed by atoms with Crippen LogP contribution >= 0.6 is 23.4 Å². The van der Waals surface area contributed by atoms with Crippen molar-refractivity contribution in [1.82, 2.24) is 15.0 Å². The second-order valence-corrected chi connectivity index (χ2v) is 8.40. The summed E-state index contributed by atoms with van der Waals surface area (Å²) in [5.74, 6) is 0.0154. The zero-order valence-electron chi connectivity index (χ0n) is 17.0. The van der Waals surface area contributed by atoms with Crippen LogP contribution in [0.15, 0.2) is 83.1 Å². The Balaban J connectivity index is 1.46. The number of hydrazone groups is 1. The summed E-state index contributed by atoms with van der Waals surface area (Å²) in [6.07, 6.45) is 1.63. The quantitative estimate of drug-likeness (QED) is 0.237. The van der Waals surface area contributed by atoms with Gasteiger partial charge in [0.1, 0.15) is 0 Å². The number of aryl methyl sites for hydroxylation is 1. The average molecular weight is 449 g/mol. The zero-order chi connectivity index (χ0) is 21.6. The molecule has 0 aliphatic rings. The highest BCUT2D eigenvalue weighted by Gasteiger charge is 2.14. The first kappa shape index (κ1) is 21.2. The number of para-hydroxylation sites is 2. The maximum atomic E-state index is 12.3. The molecule has 3 aromatic carbocycles. The summed E-state index contributed by atoms with van der Waals surface area (Å²) in [5.41, 5.74) is 7.58. The van der Waals surface area contributed by atoms with E-state index in [0.29, 0.717) is 11.6 Å². The first-order chi connectivity index (χ1) is 15.1. The second kappa shape index (κ2) is 9.81. The van der Waals surface area contributed by atoms with E-state index < -0.39 is 0 Å². The van der Waals surface area contributed by atoms with Gasteiger partial charge >= 0.3 is 0 Å². The molecule has 156 valence electrons. The summed E-state index contributed by atoms with van der Waals surface area (Å²) in [5, 5.41) is 5.52. The Hall–Kier alpha value is -3.09. The molecule has 0 spiro atoms. The maximum Gasteiger partial charge on any atom is 0.250 e. The molecule has 4 aromatic rings. The van der Waals surface area contributed by atoms with Crippen LogP contribution in [0.4, 0.5) is 0 Å². The van der Waals surface area contributed by atoms with Gasteiger partial charge in [0.2, 0.25) is 0 Å². The number of nitrogens with zero attached hydrogens (tertiary/aromatic N) is 3. The van der Waals surface area contributed by atoms with Gasteiger partial charge in [0.05, 0.1) is 29.5 Å². The number of rotatable bonds is 7. The molecule has 0 aliphatic heterocycles. The van der Waals surface area contributed by atoms with E-state index in [1.54, 1.807) is 6.21 Å². The lowest BCUT2D eigenvalue weighted by Gasteiger charge is -2.10. The summed E-state index contributed by atoms with van der Waals surface area (Å²) in [7, 11) is 0. The van der Waals surface area contributed by atoms with Crippen molar-refractivity contribution < 1.29 is 4.79 Å². The molecule has 0 aliphatic carbocycles. The highest BCUT2D eigenvalue weighted by molar-refractivity contribution is 7.99. The molecular weight excluding hydrogens is 428 g/mol. The molecule has 0 bridgehead atoms. The number of hydrogen-bond acceptors (Lipinski definition) is 4. The van der Waals surface area contributed by atoms with Gasteiger partial charge in [-0.15, -0.1) is 0 Å². The van der Waals surface area contributed by atoms with Crippen LogP contribution in [0.2, 0.25) is 5.02 Å². The Kier molecular flexibility index (Phi) is 6.70. The van der Waals surface area contributed by atoms with Crippen molar-refractivity contribution in [3.63, 3.8) is 0 Å². The Labute approximate surface area is 190 Å². The van der Waals surface area contributed by atoms with Crippen LogP contribution in [-0.2, 0) is 11.3 Å². The number of carbonyl (C=O) groups excluding carboxylic acids is 1. The van der Waals surface area contributed by atoms with E-state index in [4.69, 9.17) is 16.6 Å². The van der Waals surface area contributed by atoms with Crippen molar-refractivity contribution in [2.75, 3.05) is 5.75 Å². The first-order valence-corrected chi connectivity index (χ1v) is 11.2. The summed E-state index contributed by atoms with van der Waals surface area (Å²) in [4.78, 5) is 17.0. The number of hydrogen-bond donors (Lipinski definition) is 1. The second-order valence-electron chi connectivity index (χ2n) is 7.05. The van der Waals surface area contributed by atoms with Gasteiger partial charge in [0.25, 0.3) is 5.91 Å². The number of amides is 1.